The second-order valence-electron chi connectivity index (χ2n) is 4.77. The lowest BCUT2D eigenvalue weighted by molar-refractivity contribution is 0.0921. The highest BCUT2D eigenvalue weighted by atomic mass is 35.5. The average Bonchev–Trinajstić information content (AvgIpc) is 3.22. The predicted molar refractivity (Wildman–Crippen MR) is 73.7 cm³/mol. The van der Waals surface area contributed by atoms with Crippen LogP contribution < -0.4 is 10.1 Å². The van der Waals surface area contributed by atoms with Crippen molar-refractivity contribution in [2.45, 2.75) is 25.3 Å². The van der Waals surface area contributed by atoms with Gasteiger partial charge in [0.25, 0.3) is 5.91 Å². The third-order valence-electron chi connectivity index (χ3n) is 3.36. The number of rotatable bonds is 6. The molecule has 19 heavy (non-hydrogen) atoms. The number of carbonyl (C=O) groups excluding carboxylic acids is 1. The highest BCUT2D eigenvalue weighted by Crippen LogP contribution is 2.34. The number of amides is 1. The molecule has 0 aliphatic heterocycles. The fourth-order valence-corrected chi connectivity index (χ4v) is 2.32. The van der Waals surface area contributed by atoms with Gasteiger partial charge < -0.3 is 15.2 Å². The van der Waals surface area contributed by atoms with Gasteiger partial charge >= 0.3 is 0 Å². The van der Waals surface area contributed by atoms with Gasteiger partial charge in [-0.15, -0.1) is 0 Å². The maximum atomic E-state index is 12.2. The van der Waals surface area contributed by atoms with Crippen LogP contribution in [-0.4, -0.2) is 30.8 Å². The van der Waals surface area contributed by atoms with Gasteiger partial charge in [0.1, 0.15) is 5.75 Å². The summed E-state index contributed by atoms with van der Waals surface area (Å²) in [4.78, 5) is 12.2. The van der Waals surface area contributed by atoms with E-state index in [9.17, 15) is 4.79 Å². The Balaban J connectivity index is 2.10. The molecule has 1 aliphatic carbocycles. The molecule has 5 heteroatoms. The topological polar surface area (TPSA) is 58.6 Å². The summed E-state index contributed by atoms with van der Waals surface area (Å²) in [5.74, 6) is 0.775. The summed E-state index contributed by atoms with van der Waals surface area (Å²) in [6, 6.07) is 4.98. The molecule has 1 aromatic carbocycles. The van der Waals surface area contributed by atoms with Gasteiger partial charge in [-0.25, -0.2) is 0 Å². The van der Waals surface area contributed by atoms with Crippen LogP contribution in [0.25, 0.3) is 0 Å². The Hall–Kier alpha value is -1.26. The molecule has 0 bridgehead atoms. The van der Waals surface area contributed by atoms with Crippen molar-refractivity contribution in [1.29, 1.82) is 0 Å². The van der Waals surface area contributed by atoms with Crippen molar-refractivity contribution < 1.29 is 14.6 Å². The van der Waals surface area contributed by atoms with Crippen LogP contribution >= 0.6 is 11.6 Å². The van der Waals surface area contributed by atoms with Gasteiger partial charge in [-0.2, -0.15) is 0 Å². The predicted octanol–water partition coefficient (Wildman–Crippen LogP) is 2.24. The van der Waals surface area contributed by atoms with Crippen LogP contribution in [0.4, 0.5) is 0 Å². The average molecular weight is 284 g/mol. The van der Waals surface area contributed by atoms with Gasteiger partial charge in [0.05, 0.1) is 12.7 Å². The van der Waals surface area contributed by atoms with E-state index in [0.717, 1.165) is 12.8 Å². The van der Waals surface area contributed by atoms with Crippen LogP contribution in [-0.2, 0) is 0 Å². The van der Waals surface area contributed by atoms with Gasteiger partial charge in [0, 0.05) is 17.7 Å². The first-order chi connectivity index (χ1) is 9.15. The highest BCUT2D eigenvalue weighted by Gasteiger charge is 2.32. The fraction of sp³-hybridized carbons (Fsp3) is 0.500. The maximum Gasteiger partial charge on any atom is 0.255 e. The molecule has 2 rings (SSSR count). The summed E-state index contributed by atoms with van der Waals surface area (Å²) in [5, 5.41) is 12.5. The minimum Gasteiger partial charge on any atom is -0.496 e. The van der Waals surface area contributed by atoms with E-state index in [1.165, 1.54) is 7.11 Å². The van der Waals surface area contributed by atoms with E-state index >= 15 is 0 Å². The number of carbonyl (C=O) groups is 1. The minimum atomic E-state index is -0.182. The summed E-state index contributed by atoms with van der Waals surface area (Å²) in [6.07, 6.45) is 2.82. The third kappa shape index (κ3) is 3.61. The van der Waals surface area contributed by atoms with Crippen molar-refractivity contribution in [2.24, 2.45) is 5.92 Å². The Morgan fingerprint density at radius 3 is 2.89 bits per heavy atom. The number of nitrogens with one attached hydrogen (secondary N) is 1. The van der Waals surface area contributed by atoms with Crippen molar-refractivity contribution in [3.8, 4) is 5.75 Å². The zero-order valence-electron chi connectivity index (χ0n) is 10.9. The van der Waals surface area contributed by atoms with Crippen molar-refractivity contribution in [1.82, 2.24) is 5.32 Å². The molecule has 1 amide bonds. The molecule has 1 aliphatic rings. The Bertz CT molecular complexity index is 460. The molecule has 1 aromatic rings. The molecular weight excluding hydrogens is 266 g/mol. The number of hydrogen-bond donors (Lipinski definition) is 2. The number of benzene rings is 1. The van der Waals surface area contributed by atoms with E-state index in [0.29, 0.717) is 28.7 Å². The van der Waals surface area contributed by atoms with E-state index in [-0.39, 0.29) is 18.6 Å². The number of methoxy groups -OCH3 is 1. The SMILES string of the molecule is COc1cc(Cl)ccc1C(=O)NC(CCO)C1CC1. The van der Waals surface area contributed by atoms with Gasteiger partial charge in [0.2, 0.25) is 0 Å². The molecule has 0 spiro atoms. The van der Waals surface area contributed by atoms with Crippen LogP contribution in [0.1, 0.15) is 29.6 Å². The lowest BCUT2D eigenvalue weighted by atomic mass is 10.1. The summed E-state index contributed by atoms with van der Waals surface area (Å²) >= 11 is 5.87. The highest BCUT2D eigenvalue weighted by molar-refractivity contribution is 6.30. The molecule has 0 aromatic heterocycles. The molecule has 0 radical (unpaired) electrons. The van der Waals surface area contributed by atoms with E-state index in [4.69, 9.17) is 21.4 Å². The quantitative estimate of drug-likeness (QED) is 0.842. The van der Waals surface area contributed by atoms with Crippen molar-refractivity contribution in [2.75, 3.05) is 13.7 Å². The number of aliphatic hydroxyl groups excluding tert-OH is 1. The monoisotopic (exact) mass is 283 g/mol. The first-order valence-corrected chi connectivity index (χ1v) is 6.78. The molecule has 104 valence electrons. The fourth-order valence-electron chi connectivity index (χ4n) is 2.16. The van der Waals surface area contributed by atoms with E-state index in [1.807, 2.05) is 0 Å². The normalized spacial score (nSPS) is 15.9. The number of aliphatic hydroxyl groups is 1. The molecule has 0 saturated heterocycles. The summed E-state index contributed by atoms with van der Waals surface area (Å²) in [6.45, 7) is 0.0825. The Labute approximate surface area is 117 Å². The zero-order chi connectivity index (χ0) is 13.8. The first-order valence-electron chi connectivity index (χ1n) is 6.41. The Morgan fingerprint density at radius 2 is 2.32 bits per heavy atom. The van der Waals surface area contributed by atoms with Crippen LogP contribution in [0.5, 0.6) is 5.75 Å². The van der Waals surface area contributed by atoms with Crippen LogP contribution in [0.15, 0.2) is 18.2 Å². The number of halogens is 1. The van der Waals surface area contributed by atoms with Crippen LogP contribution in [0.3, 0.4) is 0 Å². The molecule has 0 heterocycles. The summed E-state index contributed by atoms with van der Waals surface area (Å²) in [7, 11) is 1.51. The van der Waals surface area contributed by atoms with Crippen LogP contribution in [0, 0.1) is 5.92 Å². The van der Waals surface area contributed by atoms with E-state index in [2.05, 4.69) is 5.32 Å². The van der Waals surface area contributed by atoms with Gasteiger partial charge in [-0.3, -0.25) is 4.79 Å². The van der Waals surface area contributed by atoms with Crippen molar-refractivity contribution in [3.05, 3.63) is 28.8 Å². The zero-order valence-corrected chi connectivity index (χ0v) is 11.6. The molecule has 2 N–H and O–H groups in total. The van der Waals surface area contributed by atoms with Crippen molar-refractivity contribution >= 4 is 17.5 Å². The molecule has 1 atom stereocenters. The summed E-state index contributed by atoms with van der Waals surface area (Å²) < 4.78 is 5.17. The second kappa shape index (κ2) is 6.26. The second-order valence-corrected chi connectivity index (χ2v) is 5.21. The largest absolute Gasteiger partial charge is 0.496 e. The lowest BCUT2D eigenvalue weighted by Gasteiger charge is -2.18. The minimum absolute atomic E-state index is 0.0397. The number of hydrogen-bond acceptors (Lipinski definition) is 3. The lowest BCUT2D eigenvalue weighted by Crippen LogP contribution is -2.37. The standard InChI is InChI=1S/C14H18ClNO3/c1-19-13-8-10(15)4-5-11(13)14(18)16-12(6-7-17)9-2-3-9/h4-5,8-9,12,17H,2-3,6-7H2,1H3,(H,16,18). The first kappa shape index (κ1) is 14.2. The Kier molecular flexibility index (Phi) is 4.66. The molecular formula is C14H18ClNO3. The number of ether oxygens (including phenoxy) is 1. The van der Waals surface area contributed by atoms with Gasteiger partial charge in [-0.05, 0) is 43.4 Å². The molecule has 4 nitrogen and oxygen atoms in total. The van der Waals surface area contributed by atoms with Crippen LogP contribution in [0.2, 0.25) is 5.02 Å². The van der Waals surface area contributed by atoms with E-state index in [1.54, 1.807) is 18.2 Å². The van der Waals surface area contributed by atoms with Crippen molar-refractivity contribution in [3.63, 3.8) is 0 Å². The molecule has 1 fully saturated rings. The Morgan fingerprint density at radius 1 is 1.58 bits per heavy atom. The molecule has 1 saturated carbocycles. The van der Waals surface area contributed by atoms with Gasteiger partial charge in [-0.1, -0.05) is 11.6 Å². The van der Waals surface area contributed by atoms with Gasteiger partial charge in [0.15, 0.2) is 0 Å². The van der Waals surface area contributed by atoms with E-state index < -0.39 is 0 Å². The third-order valence-corrected chi connectivity index (χ3v) is 3.59. The summed E-state index contributed by atoms with van der Waals surface area (Å²) in [5.41, 5.74) is 0.468. The molecule has 1 unspecified atom stereocenters. The smallest absolute Gasteiger partial charge is 0.255 e. The maximum absolute atomic E-state index is 12.2.